The van der Waals surface area contributed by atoms with Crippen LogP contribution in [0, 0.1) is 0 Å². The quantitative estimate of drug-likeness (QED) is 0.362. The van der Waals surface area contributed by atoms with Crippen molar-refractivity contribution < 1.29 is 27.7 Å². The molecule has 0 aromatic carbocycles. The first-order chi connectivity index (χ1) is 10.5. The van der Waals surface area contributed by atoms with Crippen LogP contribution in [-0.4, -0.2) is 52.9 Å². The summed E-state index contributed by atoms with van der Waals surface area (Å²) in [6, 6.07) is 1.56. The van der Waals surface area contributed by atoms with Crippen molar-refractivity contribution in [3.05, 3.63) is 17.5 Å². The summed E-state index contributed by atoms with van der Waals surface area (Å²) in [6.07, 6.45) is 0.967. The van der Waals surface area contributed by atoms with Gasteiger partial charge >= 0.3 is 0 Å². The highest BCUT2D eigenvalue weighted by Crippen LogP contribution is 2.23. The minimum Gasteiger partial charge on any atom is -0.359 e. The topological polar surface area (TPSA) is 130 Å². The zero-order chi connectivity index (χ0) is 17.8. The van der Waals surface area contributed by atoms with Gasteiger partial charge in [0, 0.05) is 19.4 Å². The van der Waals surface area contributed by atoms with E-state index in [1.165, 1.54) is 24.4 Å². The van der Waals surface area contributed by atoms with Gasteiger partial charge in [0.15, 0.2) is 15.6 Å². The van der Waals surface area contributed by atoms with Crippen molar-refractivity contribution >= 4 is 33.6 Å². The third-order valence-electron chi connectivity index (χ3n) is 3.59. The van der Waals surface area contributed by atoms with Crippen molar-refractivity contribution in [3.63, 3.8) is 0 Å². The van der Waals surface area contributed by atoms with Gasteiger partial charge in [-0.1, -0.05) is 17.8 Å². The monoisotopic (exact) mass is 365 g/mol. The molecule has 1 heterocycles. The van der Waals surface area contributed by atoms with Crippen molar-refractivity contribution in [1.29, 1.82) is 0 Å². The van der Waals surface area contributed by atoms with E-state index in [1.54, 1.807) is 6.07 Å². The Morgan fingerprint density at radius 2 is 2.13 bits per heavy atom. The first-order valence-electron chi connectivity index (χ1n) is 6.54. The molecule has 11 heteroatoms. The molecule has 1 rings (SSSR count). The lowest BCUT2D eigenvalue weighted by molar-refractivity contribution is -0.131. The minimum absolute atomic E-state index is 0.0917. The zero-order valence-electron chi connectivity index (χ0n) is 12.9. The fourth-order valence-corrected chi connectivity index (χ4v) is 2.73. The van der Waals surface area contributed by atoms with Crippen LogP contribution in [0.2, 0.25) is 0 Å². The van der Waals surface area contributed by atoms with E-state index in [2.05, 4.69) is 17.8 Å². The molecule has 0 saturated carbocycles. The number of aromatic nitrogens is 1. The van der Waals surface area contributed by atoms with E-state index in [0.29, 0.717) is 11.5 Å². The van der Waals surface area contributed by atoms with Crippen molar-refractivity contribution in [3.8, 4) is 0 Å². The summed E-state index contributed by atoms with van der Waals surface area (Å²) < 4.78 is 26.9. The molecule has 2 amide bonds. The van der Waals surface area contributed by atoms with Gasteiger partial charge in [0.1, 0.15) is 4.75 Å². The Morgan fingerprint density at radius 3 is 2.61 bits per heavy atom. The number of hydrogen-bond donors (Lipinski definition) is 3. The first kappa shape index (κ1) is 19.5. The molecule has 23 heavy (non-hydrogen) atoms. The van der Waals surface area contributed by atoms with Crippen LogP contribution in [-0.2, 0) is 27.6 Å². The second-order valence-corrected chi connectivity index (χ2v) is 8.20. The highest BCUT2D eigenvalue weighted by atomic mass is 32.2. The number of amides is 2. The van der Waals surface area contributed by atoms with Crippen LogP contribution in [0.25, 0.3) is 0 Å². The Morgan fingerprint density at radius 1 is 1.52 bits per heavy atom. The molecule has 0 aliphatic carbocycles. The number of hydroxylamine groups is 1. The molecule has 1 aromatic heterocycles. The fourth-order valence-electron chi connectivity index (χ4n) is 1.80. The Bertz CT molecular complexity index is 687. The summed E-state index contributed by atoms with van der Waals surface area (Å²) in [5, 5.41) is 12.1. The Hall–Kier alpha value is -1.59. The Kier molecular flexibility index (Phi) is 6.19. The average molecular weight is 365 g/mol. The van der Waals surface area contributed by atoms with Gasteiger partial charge in [0.2, 0.25) is 0 Å². The number of hydrogen-bond acceptors (Lipinski definition) is 7. The van der Waals surface area contributed by atoms with Crippen LogP contribution in [0.3, 0.4) is 0 Å². The number of aryl methyl sites for hydroxylation is 1. The van der Waals surface area contributed by atoms with Gasteiger partial charge in [-0.2, -0.15) is 0 Å². The largest absolute Gasteiger partial charge is 0.359 e. The van der Waals surface area contributed by atoms with Crippen LogP contribution in [0.1, 0.15) is 24.8 Å². The molecule has 130 valence electrons. The lowest BCUT2D eigenvalue weighted by atomic mass is 10.0. The molecule has 0 bridgehead atoms. The Labute approximate surface area is 139 Å². The van der Waals surface area contributed by atoms with Crippen molar-refractivity contribution in [2.24, 2.45) is 0 Å². The second-order valence-electron chi connectivity index (χ2n) is 5.37. The number of rotatable bonds is 7. The minimum atomic E-state index is -3.76. The number of sulfone groups is 1. The van der Waals surface area contributed by atoms with Crippen LogP contribution in [0.4, 0.5) is 4.79 Å². The van der Waals surface area contributed by atoms with Gasteiger partial charge in [-0.05, 0) is 19.8 Å². The summed E-state index contributed by atoms with van der Waals surface area (Å²) in [7, 11) is -2.23. The molecule has 2 N–H and O–H groups in total. The second kappa shape index (κ2) is 7.32. The summed E-state index contributed by atoms with van der Waals surface area (Å²) in [5.74, 6) is -0.610. The van der Waals surface area contributed by atoms with Gasteiger partial charge < -0.3 is 9.42 Å². The summed E-state index contributed by atoms with van der Waals surface area (Å²) in [6.45, 7) is 1.39. The van der Waals surface area contributed by atoms with E-state index in [0.717, 1.165) is 6.26 Å². The van der Waals surface area contributed by atoms with E-state index < -0.39 is 25.7 Å². The maximum absolute atomic E-state index is 11.8. The summed E-state index contributed by atoms with van der Waals surface area (Å²) >= 11 is 3.66. The van der Waals surface area contributed by atoms with E-state index in [-0.39, 0.29) is 19.4 Å². The van der Waals surface area contributed by atoms with Crippen LogP contribution in [0.5, 0.6) is 0 Å². The third kappa shape index (κ3) is 4.69. The molecule has 1 atom stereocenters. The standard InChI is InChI=1S/C12H19N3O6S2/c1-12(10(16)13-18,23(3,19)20)5-4-8-6-9(21-14-8)7-15(2)11(17)22/h6,18H,4-5,7H2,1-3H3,(H,13,16)(H,17,22). The molecule has 0 spiro atoms. The molecule has 0 fully saturated rings. The summed E-state index contributed by atoms with van der Waals surface area (Å²) in [5.41, 5.74) is 1.81. The molecule has 0 aliphatic rings. The molecule has 0 radical (unpaired) electrons. The van der Waals surface area contributed by atoms with E-state index >= 15 is 0 Å². The fraction of sp³-hybridized carbons (Fsp3) is 0.583. The molecular weight excluding hydrogens is 346 g/mol. The highest BCUT2D eigenvalue weighted by Gasteiger charge is 2.43. The predicted molar refractivity (Wildman–Crippen MR) is 83.9 cm³/mol. The smallest absolute Gasteiger partial charge is 0.278 e. The predicted octanol–water partition coefficient (Wildman–Crippen LogP) is 0.398. The summed E-state index contributed by atoms with van der Waals surface area (Å²) in [4.78, 5) is 24.0. The molecule has 0 saturated heterocycles. The normalized spacial score (nSPS) is 14.1. The van der Waals surface area contributed by atoms with E-state index in [9.17, 15) is 18.0 Å². The van der Waals surface area contributed by atoms with Crippen molar-refractivity contribution in [1.82, 2.24) is 15.5 Å². The molecule has 1 unspecified atom stereocenters. The van der Waals surface area contributed by atoms with Gasteiger partial charge in [-0.15, -0.1) is 0 Å². The maximum Gasteiger partial charge on any atom is 0.278 e. The first-order valence-corrected chi connectivity index (χ1v) is 8.88. The zero-order valence-corrected chi connectivity index (χ0v) is 14.6. The van der Waals surface area contributed by atoms with Gasteiger partial charge in [0.05, 0.1) is 12.2 Å². The van der Waals surface area contributed by atoms with Gasteiger partial charge in [-0.25, -0.2) is 13.9 Å². The van der Waals surface area contributed by atoms with Gasteiger partial charge in [0.25, 0.3) is 11.1 Å². The number of nitrogens with zero attached hydrogens (tertiary/aromatic N) is 2. The van der Waals surface area contributed by atoms with Gasteiger partial charge in [-0.3, -0.25) is 14.8 Å². The van der Waals surface area contributed by atoms with E-state index in [4.69, 9.17) is 9.73 Å². The lowest BCUT2D eigenvalue weighted by Gasteiger charge is -2.24. The van der Waals surface area contributed by atoms with Crippen LogP contribution < -0.4 is 5.48 Å². The maximum atomic E-state index is 11.8. The number of nitrogens with one attached hydrogen (secondary N) is 1. The average Bonchev–Trinajstić information content (AvgIpc) is 2.89. The van der Waals surface area contributed by atoms with Crippen molar-refractivity contribution in [2.75, 3.05) is 13.3 Å². The van der Waals surface area contributed by atoms with Crippen LogP contribution in [0.15, 0.2) is 10.6 Å². The highest BCUT2D eigenvalue weighted by molar-refractivity contribution is 7.96. The van der Waals surface area contributed by atoms with E-state index in [1.807, 2.05) is 0 Å². The van der Waals surface area contributed by atoms with Crippen molar-refractivity contribution in [2.45, 2.75) is 31.1 Å². The SMILES string of the molecule is CN(Cc1cc(CCC(C)(C(=O)NO)S(C)(=O)=O)no1)C(=O)S. The molecular formula is C12H19N3O6S2. The Balaban J connectivity index is 2.82. The lowest BCUT2D eigenvalue weighted by Crippen LogP contribution is -2.49. The molecule has 0 aliphatic heterocycles. The number of carbonyl (C=O) groups excluding carboxylic acids is 2. The molecule has 1 aromatic rings. The third-order valence-corrected chi connectivity index (χ3v) is 5.95. The molecule has 9 nitrogen and oxygen atoms in total. The number of thiol groups is 1. The number of carbonyl (C=O) groups is 2. The van der Waals surface area contributed by atoms with Crippen LogP contribution >= 0.6 is 12.6 Å².